The molecule has 5 rings (SSSR count). The molecular formula is C28H29NO5. The number of ether oxygens (including phenoxy) is 4. The number of rotatable bonds is 7. The van der Waals surface area contributed by atoms with Gasteiger partial charge in [-0.15, -0.1) is 0 Å². The maximum Gasteiger partial charge on any atom is 0.366 e. The van der Waals surface area contributed by atoms with Gasteiger partial charge in [-0.25, -0.2) is 4.79 Å². The van der Waals surface area contributed by atoms with Crippen LogP contribution in [-0.4, -0.2) is 43.7 Å². The Bertz CT molecular complexity index is 1290. The van der Waals surface area contributed by atoms with Crippen LogP contribution in [0.5, 0.6) is 5.75 Å². The summed E-state index contributed by atoms with van der Waals surface area (Å²) < 4.78 is 22.1. The lowest BCUT2D eigenvalue weighted by Gasteiger charge is -2.35. The van der Waals surface area contributed by atoms with Crippen molar-refractivity contribution >= 4 is 27.8 Å². The van der Waals surface area contributed by atoms with Gasteiger partial charge in [0.05, 0.1) is 26.9 Å². The second kappa shape index (κ2) is 9.49. The van der Waals surface area contributed by atoms with E-state index in [4.69, 9.17) is 18.9 Å². The van der Waals surface area contributed by atoms with Crippen molar-refractivity contribution < 1.29 is 23.7 Å². The number of methoxy groups -OCH3 is 1. The first-order valence-corrected chi connectivity index (χ1v) is 11.6. The van der Waals surface area contributed by atoms with E-state index in [2.05, 4.69) is 59.6 Å². The Morgan fingerprint density at radius 1 is 1.00 bits per heavy atom. The first kappa shape index (κ1) is 22.4. The molecule has 0 atom stereocenters. The summed E-state index contributed by atoms with van der Waals surface area (Å²) in [4.78, 5) is 15.3. The van der Waals surface area contributed by atoms with E-state index in [-0.39, 0.29) is 5.92 Å². The second-order valence-electron chi connectivity index (χ2n) is 8.88. The maximum absolute atomic E-state index is 11.8. The molecule has 0 unspecified atom stereocenters. The summed E-state index contributed by atoms with van der Waals surface area (Å²) in [6.07, 6.45) is 1.63. The van der Waals surface area contributed by atoms with Crippen LogP contribution in [0, 0.1) is 5.92 Å². The summed E-state index contributed by atoms with van der Waals surface area (Å²) in [5.74, 6) is -0.781. The van der Waals surface area contributed by atoms with Crippen molar-refractivity contribution in [2.45, 2.75) is 25.6 Å². The van der Waals surface area contributed by atoms with Crippen LogP contribution >= 0.6 is 0 Å². The molecule has 4 aromatic rings. The molecule has 1 aliphatic rings. The monoisotopic (exact) mass is 459 g/mol. The van der Waals surface area contributed by atoms with Gasteiger partial charge in [0.2, 0.25) is 0 Å². The van der Waals surface area contributed by atoms with Gasteiger partial charge >= 0.3 is 5.97 Å². The van der Waals surface area contributed by atoms with E-state index in [1.807, 2.05) is 12.1 Å². The zero-order valence-corrected chi connectivity index (χ0v) is 19.5. The Labute approximate surface area is 198 Å². The Kier molecular flexibility index (Phi) is 6.26. The van der Waals surface area contributed by atoms with Gasteiger partial charge in [0.25, 0.3) is 5.79 Å². The molecule has 6 heteroatoms. The summed E-state index contributed by atoms with van der Waals surface area (Å²) in [6, 6.07) is 23.0. The molecule has 0 spiro atoms. The lowest BCUT2D eigenvalue weighted by molar-refractivity contribution is -0.272. The average molecular weight is 460 g/mol. The van der Waals surface area contributed by atoms with Gasteiger partial charge in [0.1, 0.15) is 5.75 Å². The third-order valence-corrected chi connectivity index (χ3v) is 6.46. The van der Waals surface area contributed by atoms with Gasteiger partial charge in [-0.1, -0.05) is 48.5 Å². The number of carbonyl (C=O) groups excluding carboxylic acids is 1. The maximum atomic E-state index is 11.8. The number of aromatic nitrogens is 1. The van der Waals surface area contributed by atoms with Crippen LogP contribution in [0.15, 0.2) is 66.7 Å². The van der Waals surface area contributed by atoms with Gasteiger partial charge in [-0.2, -0.15) is 0 Å². The van der Waals surface area contributed by atoms with Crippen molar-refractivity contribution in [1.29, 1.82) is 0 Å². The molecule has 0 aliphatic carbocycles. The number of para-hydroxylation sites is 2. The van der Waals surface area contributed by atoms with Crippen LogP contribution in [0.25, 0.3) is 21.8 Å². The molecule has 1 fully saturated rings. The van der Waals surface area contributed by atoms with E-state index >= 15 is 0 Å². The Balaban J connectivity index is 1.15. The minimum atomic E-state index is -1.31. The van der Waals surface area contributed by atoms with E-state index < -0.39 is 11.8 Å². The molecular weight excluding hydrogens is 430 g/mol. The number of esters is 1. The molecule has 1 N–H and O–H groups in total. The zero-order chi connectivity index (χ0) is 23.5. The van der Waals surface area contributed by atoms with Crippen molar-refractivity contribution in [3.63, 3.8) is 0 Å². The van der Waals surface area contributed by atoms with Crippen LogP contribution in [0.1, 0.15) is 18.1 Å². The zero-order valence-electron chi connectivity index (χ0n) is 19.5. The van der Waals surface area contributed by atoms with Crippen molar-refractivity contribution in [3.8, 4) is 5.75 Å². The number of fused-ring (bicyclic) bond motifs is 3. The van der Waals surface area contributed by atoms with Crippen LogP contribution in [0.2, 0.25) is 0 Å². The minimum Gasteiger partial charge on any atom is -0.493 e. The fraction of sp³-hybridized carbons (Fsp3) is 0.321. The molecule has 3 aromatic carbocycles. The van der Waals surface area contributed by atoms with Crippen molar-refractivity contribution in [2.75, 3.05) is 26.9 Å². The van der Waals surface area contributed by atoms with Crippen LogP contribution in [0.4, 0.5) is 0 Å². The van der Waals surface area contributed by atoms with Gasteiger partial charge in [0.15, 0.2) is 0 Å². The molecule has 1 saturated heterocycles. The number of nitrogens with one attached hydrogen (secondary N) is 1. The van der Waals surface area contributed by atoms with Crippen LogP contribution < -0.4 is 4.74 Å². The number of hydrogen-bond acceptors (Lipinski definition) is 5. The quantitative estimate of drug-likeness (QED) is 0.392. The average Bonchev–Trinajstić information content (AvgIpc) is 3.26. The molecule has 0 bridgehead atoms. The number of hydrogen-bond donors (Lipinski definition) is 1. The van der Waals surface area contributed by atoms with Crippen LogP contribution in [0.3, 0.4) is 0 Å². The third-order valence-electron chi connectivity index (χ3n) is 6.46. The summed E-state index contributed by atoms with van der Waals surface area (Å²) in [5.41, 5.74) is 4.77. The lowest BCUT2D eigenvalue weighted by atomic mass is 9.99. The van der Waals surface area contributed by atoms with E-state index in [1.165, 1.54) is 34.5 Å². The second-order valence-corrected chi connectivity index (χ2v) is 8.88. The number of H-pyrrole nitrogens is 1. The lowest BCUT2D eigenvalue weighted by Crippen LogP contribution is -2.48. The van der Waals surface area contributed by atoms with E-state index in [0.717, 1.165) is 24.1 Å². The van der Waals surface area contributed by atoms with E-state index in [9.17, 15) is 4.79 Å². The highest BCUT2D eigenvalue weighted by Gasteiger charge is 2.41. The van der Waals surface area contributed by atoms with Crippen LogP contribution in [-0.2, 0) is 31.8 Å². The normalized spacial score (nSPS) is 20.5. The fourth-order valence-corrected chi connectivity index (χ4v) is 4.54. The predicted molar refractivity (Wildman–Crippen MR) is 131 cm³/mol. The molecule has 34 heavy (non-hydrogen) atoms. The standard InChI is InChI=1S/C28H29NO5/c1-28(27(30)31-2)33-17-20(18-34-28)16-19-10-12-22(13-11-19)32-15-14-21-6-5-8-24-23-7-3-4-9-25(23)29-26(21)24/h3-13,20,29H,14-18H2,1-2H3. The van der Waals surface area contributed by atoms with Gasteiger partial charge in [-0.3, -0.25) is 0 Å². The Morgan fingerprint density at radius 3 is 2.50 bits per heavy atom. The Hall–Kier alpha value is -3.35. The first-order valence-electron chi connectivity index (χ1n) is 11.6. The number of aromatic amines is 1. The van der Waals surface area contributed by atoms with Crippen molar-refractivity contribution in [2.24, 2.45) is 5.92 Å². The van der Waals surface area contributed by atoms with E-state index in [0.29, 0.717) is 19.8 Å². The third kappa shape index (κ3) is 4.52. The van der Waals surface area contributed by atoms with E-state index in [1.54, 1.807) is 6.92 Å². The van der Waals surface area contributed by atoms with Gasteiger partial charge in [-0.05, 0) is 35.7 Å². The van der Waals surface area contributed by atoms with Gasteiger partial charge < -0.3 is 23.9 Å². The largest absolute Gasteiger partial charge is 0.493 e. The molecule has 6 nitrogen and oxygen atoms in total. The van der Waals surface area contributed by atoms with Crippen molar-refractivity contribution in [1.82, 2.24) is 4.98 Å². The first-order chi connectivity index (χ1) is 16.6. The summed E-state index contributed by atoms with van der Waals surface area (Å²) >= 11 is 0. The summed E-state index contributed by atoms with van der Waals surface area (Å²) in [6.45, 7) is 3.09. The topological polar surface area (TPSA) is 69.8 Å². The van der Waals surface area contributed by atoms with Crippen molar-refractivity contribution in [3.05, 3.63) is 77.9 Å². The molecule has 1 aliphatic heterocycles. The molecule has 0 saturated carbocycles. The molecule has 0 radical (unpaired) electrons. The SMILES string of the molecule is COC(=O)C1(C)OCC(Cc2ccc(OCCc3cccc4c3[nH]c3ccccc34)cc2)CO1. The number of carbonyl (C=O) groups is 1. The fourth-order valence-electron chi connectivity index (χ4n) is 4.54. The molecule has 2 heterocycles. The summed E-state index contributed by atoms with van der Waals surface area (Å²) in [7, 11) is 1.33. The van der Waals surface area contributed by atoms with Gasteiger partial charge in [0, 0.05) is 41.1 Å². The smallest absolute Gasteiger partial charge is 0.366 e. The predicted octanol–water partition coefficient (Wildman–Crippen LogP) is 5.04. The number of benzene rings is 3. The highest BCUT2D eigenvalue weighted by molar-refractivity contribution is 6.08. The molecule has 1 aromatic heterocycles. The molecule has 176 valence electrons. The molecule has 0 amide bonds. The highest BCUT2D eigenvalue weighted by atomic mass is 16.7. The highest BCUT2D eigenvalue weighted by Crippen LogP contribution is 2.28. The summed E-state index contributed by atoms with van der Waals surface area (Å²) in [5, 5.41) is 2.50. The Morgan fingerprint density at radius 2 is 1.74 bits per heavy atom. The minimum absolute atomic E-state index is 0.182.